The van der Waals surface area contributed by atoms with E-state index < -0.39 is 0 Å². The monoisotopic (exact) mass is 369 g/mol. The van der Waals surface area contributed by atoms with Gasteiger partial charge in [0.05, 0.1) is 5.52 Å². The second kappa shape index (κ2) is 8.59. The highest BCUT2D eigenvalue weighted by Gasteiger charge is 2.17. The smallest absolute Gasteiger partial charge is 0.222 e. The lowest BCUT2D eigenvalue weighted by molar-refractivity contribution is -0.131. The van der Waals surface area contributed by atoms with E-state index in [1.54, 1.807) is 0 Å². The van der Waals surface area contributed by atoms with Crippen LogP contribution in [0.4, 0.5) is 0 Å². The van der Waals surface area contributed by atoms with Crippen molar-refractivity contribution in [2.45, 2.75) is 65.8 Å². The van der Waals surface area contributed by atoms with Crippen molar-refractivity contribution in [3.8, 4) is 0 Å². The van der Waals surface area contributed by atoms with Gasteiger partial charge < -0.3 is 15.2 Å². The van der Waals surface area contributed by atoms with Crippen molar-refractivity contribution in [1.29, 1.82) is 0 Å². The first kappa shape index (κ1) is 19.5. The highest BCUT2D eigenvalue weighted by molar-refractivity contribution is 5.88. The molecular weight excluding hydrogens is 338 g/mol. The molecule has 0 spiro atoms. The van der Waals surface area contributed by atoms with Gasteiger partial charge in [0, 0.05) is 43.6 Å². The Morgan fingerprint density at radius 3 is 2.81 bits per heavy atom. The number of H-pyrrole nitrogens is 1. The van der Waals surface area contributed by atoms with E-state index in [1.807, 2.05) is 4.90 Å². The Balaban J connectivity index is 1.62. The number of nitrogens with zero attached hydrogens (tertiary/aromatic N) is 1. The SMILES string of the molecule is CCc1[nH]c2c(CNC(=O)CCN3CCCCCC3=O)cc(C)cc2c1C. The first-order valence-corrected chi connectivity index (χ1v) is 10.1. The van der Waals surface area contributed by atoms with Gasteiger partial charge in [0.1, 0.15) is 0 Å². The number of fused-ring (bicyclic) bond motifs is 1. The van der Waals surface area contributed by atoms with Gasteiger partial charge in [-0.2, -0.15) is 0 Å². The molecule has 1 saturated heterocycles. The van der Waals surface area contributed by atoms with Gasteiger partial charge in [0.25, 0.3) is 0 Å². The van der Waals surface area contributed by atoms with Crippen LogP contribution in [0, 0.1) is 13.8 Å². The third-order valence-electron chi connectivity index (χ3n) is 5.61. The summed E-state index contributed by atoms with van der Waals surface area (Å²) < 4.78 is 0. The Morgan fingerprint density at radius 1 is 1.22 bits per heavy atom. The number of hydrogen-bond donors (Lipinski definition) is 2. The molecule has 5 heteroatoms. The van der Waals surface area contributed by atoms with Gasteiger partial charge in [0.2, 0.25) is 11.8 Å². The zero-order chi connectivity index (χ0) is 19.4. The Labute approximate surface area is 161 Å². The van der Waals surface area contributed by atoms with Crippen LogP contribution in [0.3, 0.4) is 0 Å². The van der Waals surface area contributed by atoms with E-state index in [-0.39, 0.29) is 11.8 Å². The standard InChI is InChI=1S/C22H31N3O2/c1-4-19-16(3)18-13-15(2)12-17(22(18)24-19)14-23-20(26)9-11-25-10-7-5-6-8-21(25)27/h12-13,24H,4-11,14H2,1-3H3,(H,23,26). The van der Waals surface area contributed by atoms with E-state index in [4.69, 9.17) is 0 Å². The molecule has 2 N–H and O–H groups in total. The Bertz CT molecular complexity index is 838. The summed E-state index contributed by atoms with van der Waals surface area (Å²) in [5.41, 5.74) is 5.99. The van der Waals surface area contributed by atoms with Crippen molar-refractivity contribution in [2.24, 2.45) is 0 Å². The Kier molecular flexibility index (Phi) is 6.19. The van der Waals surface area contributed by atoms with Crippen molar-refractivity contribution < 1.29 is 9.59 Å². The summed E-state index contributed by atoms with van der Waals surface area (Å²) in [5.74, 6) is 0.190. The van der Waals surface area contributed by atoms with Gasteiger partial charge in [0.15, 0.2) is 0 Å². The van der Waals surface area contributed by atoms with E-state index in [9.17, 15) is 9.59 Å². The first-order valence-electron chi connectivity index (χ1n) is 10.1. The quantitative estimate of drug-likeness (QED) is 0.814. The molecule has 3 rings (SSSR count). The lowest BCUT2D eigenvalue weighted by atomic mass is 10.0. The number of likely N-dealkylation sites (tertiary alicyclic amines) is 1. The number of aromatic amines is 1. The first-order chi connectivity index (χ1) is 13.0. The Morgan fingerprint density at radius 2 is 2.04 bits per heavy atom. The maximum absolute atomic E-state index is 12.3. The Hall–Kier alpha value is -2.30. The molecule has 1 aromatic carbocycles. The molecule has 0 aliphatic carbocycles. The summed E-state index contributed by atoms with van der Waals surface area (Å²) in [4.78, 5) is 29.8. The zero-order valence-electron chi connectivity index (χ0n) is 16.8. The lowest BCUT2D eigenvalue weighted by Gasteiger charge is -2.20. The number of aromatic nitrogens is 1. The molecule has 27 heavy (non-hydrogen) atoms. The van der Waals surface area contributed by atoms with Crippen LogP contribution in [0.2, 0.25) is 0 Å². The second-order valence-electron chi connectivity index (χ2n) is 7.65. The summed E-state index contributed by atoms with van der Waals surface area (Å²) >= 11 is 0. The van der Waals surface area contributed by atoms with E-state index in [1.165, 1.54) is 22.2 Å². The molecule has 0 radical (unpaired) electrons. The lowest BCUT2D eigenvalue weighted by Crippen LogP contribution is -2.34. The molecule has 146 valence electrons. The van der Waals surface area contributed by atoms with E-state index in [0.29, 0.717) is 25.9 Å². The largest absolute Gasteiger partial charge is 0.358 e. The van der Waals surface area contributed by atoms with Gasteiger partial charge in [-0.3, -0.25) is 9.59 Å². The molecule has 0 atom stereocenters. The summed E-state index contributed by atoms with van der Waals surface area (Å²) in [6.45, 7) is 8.21. The van der Waals surface area contributed by atoms with Crippen molar-refractivity contribution in [3.05, 3.63) is 34.5 Å². The van der Waals surface area contributed by atoms with Crippen LogP contribution in [0.15, 0.2) is 12.1 Å². The number of benzene rings is 1. The van der Waals surface area contributed by atoms with Crippen molar-refractivity contribution in [2.75, 3.05) is 13.1 Å². The van der Waals surface area contributed by atoms with E-state index in [2.05, 4.69) is 43.2 Å². The minimum absolute atomic E-state index is 0.000645. The number of rotatable bonds is 6. The molecule has 1 aliphatic heterocycles. The topological polar surface area (TPSA) is 65.2 Å². The van der Waals surface area contributed by atoms with Crippen LogP contribution in [0.5, 0.6) is 0 Å². The van der Waals surface area contributed by atoms with Crippen molar-refractivity contribution in [1.82, 2.24) is 15.2 Å². The molecule has 1 fully saturated rings. The molecule has 1 aliphatic rings. The maximum Gasteiger partial charge on any atom is 0.222 e. The predicted octanol–water partition coefficient (Wildman–Crippen LogP) is 3.76. The van der Waals surface area contributed by atoms with E-state index >= 15 is 0 Å². The van der Waals surface area contributed by atoms with Gasteiger partial charge in [-0.1, -0.05) is 25.0 Å². The molecule has 0 bridgehead atoms. The predicted molar refractivity (Wildman–Crippen MR) is 109 cm³/mol. The third-order valence-corrected chi connectivity index (χ3v) is 5.61. The van der Waals surface area contributed by atoms with Crippen LogP contribution < -0.4 is 5.32 Å². The van der Waals surface area contributed by atoms with Crippen LogP contribution in [-0.2, 0) is 22.6 Å². The van der Waals surface area contributed by atoms with Gasteiger partial charge in [-0.25, -0.2) is 0 Å². The summed E-state index contributed by atoms with van der Waals surface area (Å²) in [7, 11) is 0. The molecule has 0 saturated carbocycles. The number of aryl methyl sites for hydroxylation is 3. The number of carbonyl (C=O) groups is 2. The third kappa shape index (κ3) is 4.52. The van der Waals surface area contributed by atoms with Crippen LogP contribution in [0.1, 0.15) is 61.4 Å². The maximum atomic E-state index is 12.3. The molecular formula is C22H31N3O2. The van der Waals surface area contributed by atoms with Crippen LogP contribution in [-0.4, -0.2) is 34.8 Å². The molecule has 1 aromatic heterocycles. The van der Waals surface area contributed by atoms with Crippen molar-refractivity contribution in [3.63, 3.8) is 0 Å². The fourth-order valence-corrected chi connectivity index (χ4v) is 4.00. The normalized spacial score (nSPS) is 15.2. The number of hydrogen-bond acceptors (Lipinski definition) is 2. The van der Waals surface area contributed by atoms with Crippen LogP contribution >= 0.6 is 0 Å². The van der Waals surface area contributed by atoms with Gasteiger partial charge >= 0.3 is 0 Å². The number of carbonyl (C=O) groups excluding carboxylic acids is 2. The van der Waals surface area contributed by atoms with Crippen LogP contribution in [0.25, 0.3) is 10.9 Å². The highest BCUT2D eigenvalue weighted by atomic mass is 16.2. The van der Waals surface area contributed by atoms with Crippen molar-refractivity contribution >= 4 is 22.7 Å². The number of nitrogens with one attached hydrogen (secondary N) is 2. The molecule has 2 aromatic rings. The van der Waals surface area contributed by atoms with Gasteiger partial charge in [-0.15, -0.1) is 0 Å². The second-order valence-corrected chi connectivity index (χ2v) is 7.65. The highest BCUT2D eigenvalue weighted by Crippen LogP contribution is 2.26. The molecule has 5 nitrogen and oxygen atoms in total. The fourth-order valence-electron chi connectivity index (χ4n) is 4.00. The fraction of sp³-hybridized carbons (Fsp3) is 0.545. The number of amides is 2. The zero-order valence-corrected chi connectivity index (χ0v) is 16.8. The minimum atomic E-state index is 0.000645. The summed E-state index contributed by atoms with van der Waals surface area (Å²) in [5, 5.41) is 4.28. The average Bonchev–Trinajstić information content (AvgIpc) is 2.83. The van der Waals surface area contributed by atoms with E-state index in [0.717, 1.165) is 43.3 Å². The minimum Gasteiger partial charge on any atom is -0.358 e. The summed E-state index contributed by atoms with van der Waals surface area (Å²) in [6.07, 6.45) is 5.07. The average molecular weight is 370 g/mol. The summed E-state index contributed by atoms with van der Waals surface area (Å²) in [6, 6.07) is 4.34. The molecule has 2 amide bonds. The van der Waals surface area contributed by atoms with Gasteiger partial charge in [-0.05, 0) is 50.3 Å². The molecule has 2 heterocycles. The molecule has 0 unspecified atom stereocenters.